The highest BCUT2D eigenvalue weighted by molar-refractivity contribution is 5.86. The van der Waals surface area contributed by atoms with Crippen LogP contribution >= 0.6 is 0 Å². The summed E-state index contributed by atoms with van der Waals surface area (Å²) in [6.45, 7) is -3.97. The molecule has 0 unspecified atom stereocenters. The second-order valence-electron chi connectivity index (χ2n) is 7.26. The fraction of sp³-hybridized carbons (Fsp3) is 0.727. The topological polar surface area (TPSA) is 107 Å². The van der Waals surface area contributed by atoms with Gasteiger partial charge in [0, 0.05) is 31.2 Å². The molecule has 0 aromatic carbocycles. The van der Waals surface area contributed by atoms with Crippen molar-refractivity contribution in [2.24, 2.45) is 11.8 Å². The van der Waals surface area contributed by atoms with Gasteiger partial charge >= 0.3 is 0 Å². The van der Waals surface area contributed by atoms with Gasteiger partial charge in [0.1, 0.15) is 5.78 Å². The zero-order chi connectivity index (χ0) is 24.4. The molecule has 1 aliphatic carbocycles. The molecular weight excluding hydrogens is 358 g/mol. The van der Waals surface area contributed by atoms with Crippen LogP contribution in [0.4, 0.5) is 0 Å². The minimum atomic E-state index is -3.18. The van der Waals surface area contributed by atoms with E-state index in [1.54, 1.807) is 12.2 Å². The van der Waals surface area contributed by atoms with Crippen LogP contribution in [0.2, 0.25) is 0 Å². The van der Waals surface area contributed by atoms with Crippen molar-refractivity contribution >= 4 is 11.7 Å². The second-order valence-corrected chi connectivity index (χ2v) is 7.26. The van der Waals surface area contributed by atoms with Crippen LogP contribution in [-0.2, 0) is 9.59 Å². The summed E-state index contributed by atoms with van der Waals surface area (Å²) in [6, 6.07) is 0. The molecule has 0 radical (unpaired) electrons. The zero-order valence-corrected chi connectivity index (χ0v) is 16.6. The molecule has 0 aromatic rings. The molecule has 28 heavy (non-hydrogen) atoms. The Morgan fingerprint density at radius 1 is 1.36 bits per heavy atom. The summed E-state index contributed by atoms with van der Waals surface area (Å²) in [7, 11) is 0. The van der Waals surface area contributed by atoms with Gasteiger partial charge in [0.15, 0.2) is 0 Å². The Kier molecular flexibility index (Phi) is 9.59. The van der Waals surface area contributed by atoms with Crippen LogP contribution in [0.15, 0.2) is 24.3 Å². The Morgan fingerprint density at radius 3 is 2.86 bits per heavy atom. The molecule has 1 saturated carbocycles. The highest BCUT2D eigenvalue weighted by atomic mass is 16.3. The van der Waals surface area contributed by atoms with Crippen molar-refractivity contribution < 1.29 is 30.4 Å². The maximum atomic E-state index is 12.2. The lowest BCUT2D eigenvalue weighted by Crippen LogP contribution is -2.25. The summed E-state index contributed by atoms with van der Waals surface area (Å²) < 4.78 is 28.6. The lowest BCUT2D eigenvalue weighted by molar-refractivity contribution is -0.121. The summed E-state index contributed by atoms with van der Waals surface area (Å²) in [5.41, 5.74) is 0. The number of amides is 1. The third kappa shape index (κ3) is 9.62. The van der Waals surface area contributed by atoms with E-state index in [9.17, 15) is 19.8 Å². The standard InChI is InChI=1S/C22H37NO5/c1-2-3-6-9-17(25)12-13-19-18(20(26)16-21(19)27)10-7-4-5-8-11-22(28)23-14-15-24/h4,7,12-13,17-20,24-26H,2-3,5-6,8-11,14-16H2,1H3,(H,23,28)/b7-4-,13-12+/t17-,18+,19+,20-/m0/s1/i14D2,15D2. The molecule has 0 spiro atoms. The highest BCUT2D eigenvalue weighted by Crippen LogP contribution is 2.33. The minimum absolute atomic E-state index is 0.0360. The van der Waals surface area contributed by atoms with Gasteiger partial charge in [-0.3, -0.25) is 9.59 Å². The monoisotopic (exact) mass is 399 g/mol. The van der Waals surface area contributed by atoms with Gasteiger partial charge < -0.3 is 20.6 Å². The lowest BCUT2D eigenvalue weighted by atomic mass is 9.90. The Hall–Kier alpha value is -1.50. The van der Waals surface area contributed by atoms with Crippen molar-refractivity contribution in [3.63, 3.8) is 0 Å². The van der Waals surface area contributed by atoms with E-state index in [1.165, 1.54) is 0 Å². The quantitative estimate of drug-likeness (QED) is 0.265. The summed E-state index contributed by atoms with van der Waals surface area (Å²) in [6.07, 6.45) is 10.8. The van der Waals surface area contributed by atoms with E-state index in [0.29, 0.717) is 25.7 Å². The number of nitrogens with one attached hydrogen (secondary N) is 1. The maximum absolute atomic E-state index is 12.2. The van der Waals surface area contributed by atoms with E-state index >= 15 is 0 Å². The molecule has 6 nitrogen and oxygen atoms in total. The minimum Gasteiger partial charge on any atom is -0.395 e. The van der Waals surface area contributed by atoms with Gasteiger partial charge in [-0.25, -0.2) is 0 Å². The van der Waals surface area contributed by atoms with Crippen LogP contribution in [0.1, 0.15) is 70.2 Å². The number of Topliss-reactive ketones (excluding diaryl/α,β-unsaturated/α-hetero) is 1. The number of hydrogen-bond donors (Lipinski definition) is 4. The molecular formula is C22H37NO5. The summed E-state index contributed by atoms with van der Waals surface area (Å²) in [4.78, 5) is 24.0. The molecule has 0 saturated heterocycles. The van der Waals surface area contributed by atoms with Gasteiger partial charge in [-0.15, -0.1) is 0 Å². The first-order chi connectivity index (χ1) is 14.9. The Morgan fingerprint density at radius 2 is 2.14 bits per heavy atom. The average Bonchev–Trinajstić information content (AvgIpc) is 2.94. The van der Waals surface area contributed by atoms with Crippen LogP contribution in [-0.4, -0.2) is 52.3 Å². The van der Waals surface area contributed by atoms with Crippen LogP contribution < -0.4 is 5.32 Å². The van der Waals surface area contributed by atoms with Gasteiger partial charge in [-0.1, -0.05) is 50.5 Å². The highest BCUT2D eigenvalue weighted by Gasteiger charge is 2.39. The molecule has 4 atom stereocenters. The fourth-order valence-corrected chi connectivity index (χ4v) is 3.38. The van der Waals surface area contributed by atoms with Crippen molar-refractivity contribution in [2.75, 3.05) is 13.1 Å². The van der Waals surface area contributed by atoms with Gasteiger partial charge in [0.2, 0.25) is 5.91 Å². The van der Waals surface area contributed by atoms with Gasteiger partial charge in [0.25, 0.3) is 0 Å². The predicted octanol–water partition coefficient (Wildman–Crippen LogP) is 2.28. The molecule has 1 amide bonds. The Bertz CT molecular complexity index is 663. The van der Waals surface area contributed by atoms with Crippen LogP contribution in [0.3, 0.4) is 0 Å². The Balaban J connectivity index is 2.44. The number of carbonyl (C=O) groups is 2. The van der Waals surface area contributed by atoms with Gasteiger partial charge in [0.05, 0.1) is 24.2 Å². The number of ketones is 1. The summed E-state index contributed by atoms with van der Waals surface area (Å²) in [5.74, 6) is -1.44. The van der Waals surface area contributed by atoms with Crippen molar-refractivity contribution in [1.82, 2.24) is 5.32 Å². The van der Waals surface area contributed by atoms with Gasteiger partial charge in [-0.05, 0) is 25.7 Å². The van der Waals surface area contributed by atoms with Crippen LogP contribution in [0.25, 0.3) is 0 Å². The normalized spacial score (nSPS) is 26.9. The summed E-state index contributed by atoms with van der Waals surface area (Å²) in [5, 5.41) is 31.2. The maximum Gasteiger partial charge on any atom is 0.220 e. The van der Waals surface area contributed by atoms with Crippen molar-refractivity contribution in [3.05, 3.63) is 24.3 Å². The molecule has 0 bridgehead atoms. The third-order valence-electron chi connectivity index (χ3n) is 4.99. The number of allylic oxidation sites excluding steroid dienone is 3. The lowest BCUT2D eigenvalue weighted by Gasteiger charge is -2.17. The molecule has 0 aromatic heterocycles. The van der Waals surface area contributed by atoms with E-state index in [2.05, 4.69) is 6.92 Å². The number of carbonyl (C=O) groups excluding carboxylic acids is 2. The van der Waals surface area contributed by atoms with Crippen LogP contribution in [0.5, 0.6) is 0 Å². The molecule has 1 fully saturated rings. The molecule has 4 N–H and O–H groups in total. The number of unbranched alkanes of at least 4 members (excludes halogenated alkanes) is 3. The van der Waals surface area contributed by atoms with E-state index in [1.807, 2.05) is 17.5 Å². The molecule has 160 valence electrons. The number of hydrogen-bond acceptors (Lipinski definition) is 5. The van der Waals surface area contributed by atoms with E-state index in [4.69, 9.17) is 10.6 Å². The smallest absolute Gasteiger partial charge is 0.220 e. The molecule has 0 aliphatic heterocycles. The second kappa shape index (κ2) is 14.5. The number of aliphatic hydroxyl groups is 3. The van der Waals surface area contributed by atoms with Crippen molar-refractivity contribution in [2.45, 2.75) is 76.9 Å². The third-order valence-corrected chi connectivity index (χ3v) is 4.99. The summed E-state index contributed by atoms with van der Waals surface area (Å²) >= 11 is 0. The predicted molar refractivity (Wildman–Crippen MR) is 110 cm³/mol. The SMILES string of the molecule is [2H]C([2H])(O)C([2H])([2H])NC(=O)CCC/C=C\C[C@H]1[C@@H](O)CC(=O)[C@@H]1/C=C/[C@@H](O)CCCCC. The number of aliphatic hydroxyl groups excluding tert-OH is 2. The first-order valence-corrected chi connectivity index (χ1v) is 10.1. The molecule has 1 rings (SSSR count). The first kappa shape index (κ1) is 18.5. The average molecular weight is 400 g/mol. The molecule has 1 aliphatic rings. The van der Waals surface area contributed by atoms with Crippen molar-refractivity contribution in [1.29, 1.82) is 0 Å². The largest absolute Gasteiger partial charge is 0.395 e. The fourth-order valence-electron chi connectivity index (χ4n) is 3.38. The first-order valence-electron chi connectivity index (χ1n) is 12.1. The van der Waals surface area contributed by atoms with E-state index in [-0.39, 0.29) is 24.5 Å². The van der Waals surface area contributed by atoms with Crippen LogP contribution in [0, 0.1) is 11.8 Å². The zero-order valence-electron chi connectivity index (χ0n) is 20.6. The Labute approximate surface area is 174 Å². The van der Waals surface area contributed by atoms with Gasteiger partial charge in [-0.2, -0.15) is 0 Å². The van der Waals surface area contributed by atoms with Crippen molar-refractivity contribution in [3.8, 4) is 0 Å². The van der Waals surface area contributed by atoms with E-state index < -0.39 is 37.1 Å². The number of rotatable bonds is 14. The van der Waals surface area contributed by atoms with E-state index in [0.717, 1.165) is 19.3 Å². The molecule has 0 heterocycles. The molecule has 6 heteroatoms.